The van der Waals surface area contributed by atoms with Crippen molar-refractivity contribution in [1.82, 2.24) is 15.1 Å². The average molecular weight is 390 g/mol. The van der Waals surface area contributed by atoms with E-state index in [1.165, 1.54) is 4.68 Å². The van der Waals surface area contributed by atoms with Gasteiger partial charge in [-0.2, -0.15) is 5.10 Å². The summed E-state index contributed by atoms with van der Waals surface area (Å²) >= 11 is 3.38. The van der Waals surface area contributed by atoms with Crippen molar-refractivity contribution in [3.63, 3.8) is 0 Å². The summed E-state index contributed by atoms with van der Waals surface area (Å²) in [6, 6.07) is 7.30. The molecule has 126 valence electrons. The first-order valence-electron chi connectivity index (χ1n) is 8.19. The van der Waals surface area contributed by atoms with E-state index in [2.05, 4.69) is 26.3 Å². The van der Waals surface area contributed by atoms with Gasteiger partial charge in [0.2, 0.25) is 0 Å². The first kappa shape index (κ1) is 16.9. The molecule has 0 saturated heterocycles. The van der Waals surface area contributed by atoms with E-state index in [-0.39, 0.29) is 11.5 Å². The molecule has 1 aliphatic rings. The highest BCUT2D eigenvalue weighted by atomic mass is 79.9. The lowest BCUT2D eigenvalue weighted by molar-refractivity contribution is 0.0951. The fourth-order valence-corrected chi connectivity index (χ4v) is 3.33. The fourth-order valence-electron chi connectivity index (χ4n) is 2.97. The van der Waals surface area contributed by atoms with Crippen molar-refractivity contribution in [2.75, 3.05) is 6.54 Å². The summed E-state index contributed by atoms with van der Waals surface area (Å²) in [6.07, 6.45) is 4.12. The number of amides is 1. The Morgan fingerprint density at radius 3 is 2.92 bits per heavy atom. The van der Waals surface area contributed by atoms with Gasteiger partial charge in [0.05, 0.1) is 12.2 Å². The Morgan fingerprint density at radius 1 is 1.29 bits per heavy atom. The van der Waals surface area contributed by atoms with Crippen LogP contribution >= 0.6 is 15.9 Å². The minimum atomic E-state index is -0.139. The van der Waals surface area contributed by atoms with Crippen LogP contribution < -0.4 is 10.9 Å². The number of rotatable bonds is 4. The number of fused-ring (bicyclic) bond motifs is 1. The molecule has 5 nitrogen and oxygen atoms in total. The van der Waals surface area contributed by atoms with Gasteiger partial charge in [0.25, 0.3) is 11.5 Å². The van der Waals surface area contributed by atoms with Crippen molar-refractivity contribution in [2.24, 2.45) is 0 Å². The molecule has 24 heavy (non-hydrogen) atoms. The third-order valence-corrected chi connectivity index (χ3v) is 4.82. The topological polar surface area (TPSA) is 64.0 Å². The Kier molecular flexibility index (Phi) is 5.14. The third kappa shape index (κ3) is 3.75. The van der Waals surface area contributed by atoms with Crippen molar-refractivity contribution >= 4 is 21.8 Å². The summed E-state index contributed by atoms with van der Waals surface area (Å²) < 4.78 is 2.32. The molecule has 6 heteroatoms. The summed E-state index contributed by atoms with van der Waals surface area (Å²) in [7, 11) is 0. The number of carbonyl (C=O) groups is 1. The number of hydrogen-bond acceptors (Lipinski definition) is 3. The molecule has 0 saturated carbocycles. The summed E-state index contributed by atoms with van der Waals surface area (Å²) in [5.41, 5.74) is 3.56. The van der Waals surface area contributed by atoms with Crippen LogP contribution in [-0.2, 0) is 19.4 Å². The van der Waals surface area contributed by atoms with Gasteiger partial charge in [-0.05, 0) is 55.9 Å². The van der Waals surface area contributed by atoms with E-state index in [0.717, 1.165) is 47.0 Å². The van der Waals surface area contributed by atoms with Crippen LogP contribution in [0.1, 0.15) is 40.0 Å². The molecule has 0 atom stereocenters. The average Bonchev–Trinajstić information content (AvgIpc) is 2.57. The van der Waals surface area contributed by atoms with Crippen LogP contribution in [0.5, 0.6) is 0 Å². The van der Waals surface area contributed by atoms with Crippen LogP contribution in [0.15, 0.2) is 33.5 Å². The number of hydrogen-bond donors (Lipinski definition) is 1. The second-order valence-electron chi connectivity index (χ2n) is 6.10. The smallest absolute Gasteiger partial charge is 0.267 e. The molecular formula is C18H20BrN3O2. The van der Waals surface area contributed by atoms with Gasteiger partial charge in [0.15, 0.2) is 0 Å². The molecule has 1 N–H and O–H groups in total. The molecule has 0 bridgehead atoms. The summed E-state index contributed by atoms with van der Waals surface area (Å²) in [5.74, 6) is -0.139. The molecule has 1 amide bonds. The largest absolute Gasteiger partial charge is 0.350 e. The molecule has 1 aromatic heterocycles. The summed E-state index contributed by atoms with van der Waals surface area (Å²) in [6.45, 7) is 2.65. The Hall–Kier alpha value is -1.95. The Labute approximate surface area is 149 Å². The number of aromatic nitrogens is 2. The maximum absolute atomic E-state index is 12.3. The molecule has 0 unspecified atom stereocenters. The predicted octanol–water partition coefficient (Wildman–Crippen LogP) is 2.62. The van der Waals surface area contributed by atoms with Gasteiger partial charge >= 0.3 is 0 Å². The number of aryl methyl sites for hydroxylation is 3. The Balaban J connectivity index is 1.65. The van der Waals surface area contributed by atoms with Crippen LogP contribution in [0.4, 0.5) is 0 Å². The summed E-state index contributed by atoms with van der Waals surface area (Å²) in [4.78, 5) is 24.4. The molecule has 1 aliphatic carbocycles. The lowest BCUT2D eigenvalue weighted by Gasteiger charge is -2.16. The minimum Gasteiger partial charge on any atom is -0.350 e. The molecule has 1 heterocycles. The third-order valence-electron chi connectivity index (χ3n) is 4.33. The first-order valence-corrected chi connectivity index (χ1v) is 8.98. The molecule has 0 spiro atoms. The number of nitrogens with zero attached hydrogens (tertiary/aromatic N) is 2. The van der Waals surface area contributed by atoms with Crippen LogP contribution in [0.2, 0.25) is 0 Å². The van der Waals surface area contributed by atoms with Crippen molar-refractivity contribution in [2.45, 2.75) is 39.2 Å². The molecule has 2 aromatic rings. The lowest BCUT2D eigenvalue weighted by atomic mass is 9.97. The Morgan fingerprint density at radius 2 is 2.08 bits per heavy atom. The van der Waals surface area contributed by atoms with E-state index in [1.54, 1.807) is 12.1 Å². The fraction of sp³-hybridized carbons (Fsp3) is 0.389. The zero-order valence-corrected chi connectivity index (χ0v) is 15.2. The second-order valence-corrected chi connectivity index (χ2v) is 7.02. The zero-order valence-electron chi connectivity index (χ0n) is 13.6. The van der Waals surface area contributed by atoms with Crippen LogP contribution in [0, 0.1) is 6.92 Å². The highest BCUT2D eigenvalue weighted by Gasteiger charge is 2.14. The predicted molar refractivity (Wildman–Crippen MR) is 96.4 cm³/mol. The van der Waals surface area contributed by atoms with Gasteiger partial charge < -0.3 is 5.32 Å². The molecular weight excluding hydrogens is 370 g/mol. The van der Waals surface area contributed by atoms with E-state index >= 15 is 0 Å². The highest BCUT2D eigenvalue weighted by molar-refractivity contribution is 9.10. The summed E-state index contributed by atoms with van der Waals surface area (Å²) in [5, 5.41) is 7.32. The van der Waals surface area contributed by atoms with Gasteiger partial charge in [-0.15, -0.1) is 0 Å². The number of nitrogens with one attached hydrogen (secondary N) is 1. The monoisotopic (exact) mass is 389 g/mol. The van der Waals surface area contributed by atoms with Crippen LogP contribution in [-0.4, -0.2) is 22.2 Å². The van der Waals surface area contributed by atoms with E-state index in [9.17, 15) is 9.59 Å². The maximum atomic E-state index is 12.3. The highest BCUT2D eigenvalue weighted by Crippen LogP contribution is 2.17. The van der Waals surface area contributed by atoms with E-state index in [1.807, 2.05) is 19.1 Å². The molecule has 0 fully saturated rings. The van der Waals surface area contributed by atoms with Crippen molar-refractivity contribution in [3.05, 3.63) is 61.5 Å². The standard InChI is InChI=1S/C18H20BrN3O2/c1-12-6-7-14(19)11-15(12)18(24)20-8-9-22-17(23)10-13-4-2-3-5-16(13)21-22/h6-7,10-11H,2-5,8-9H2,1H3,(H,20,24). The molecule has 0 radical (unpaired) electrons. The lowest BCUT2D eigenvalue weighted by Crippen LogP contribution is -2.33. The molecule has 1 aromatic carbocycles. The van der Waals surface area contributed by atoms with E-state index < -0.39 is 0 Å². The molecule has 0 aliphatic heterocycles. The van der Waals surface area contributed by atoms with Gasteiger partial charge in [0, 0.05) is 22.6 Å². The van der Waals surface area contributed by atoms with E-state index in [0.29, 0.717) is 18.7 Å². The number of halogens is 1. The second kappa shape index (κ2) is 7.30. The van der Waals surface area contributed by atoms with E-state index in [4.69, 9.17) is 0 Å². The van der Waals surface area contributed by atoms with Crippen LogP contribution in [0.25, 0.3) is 0 Å². The minimum absolute atomic E-state index is 0.0939. The first-order chi connectivity index (χ1) is 11.5. The van der Waals surface area contributed by atoms with Crippen molar-refractivity contribution in [3.8, 4) is 0 Å². The SMILES string of the molecule is Cc1ccc(Br)cc1C(=O)NCCn1nc2c(cc1=O)CCCC2. The van der Waals surface area contributed by atoms with Crippen LogP contribution in [0.3, 0.4) is 0 Å². The number of benzene rings is 1. The quantitative estimate of drug-likeness (QED) is 0.873. The van der Waals surface area contributed by atoms with Crippen molar-refractivity contribution < 1.29 is 4.79 Å². The van der Waals surface area contributed by atoms with Gasteiger partial charge in [-0.25, -0.2) is 4.68 Å². The van der Waals surface area contributed by atoms with Gasteiger partial charge in [0.1, 0.15) is 0 Å². The normalized spacial score (nSPS) is 13.4. The number of carbonyl (C=O) groups excluding carboxylic acids is 1. The van der Waals surface area contributed by atoms with Gasteiger partial charge in [-0.3, -0.25) is 9.59 Å². The maximum Gasteiger partial charge on any atom is 0.267 e. The Bertz CT molecular complexity index is 829. The van der Waals surface area contributed by atoms with Gasteiger partial charge in [-0.1, -0.05) is 22.0 Å². The van der Waals surface area contributed by atoms with Crippen molar-refractivity contribution in [1.29, 1.82) is 0 Å². The zero-order chi connectivity index (χ0) is 17.1. The molecule has 3 rings (SSSR count).